The van der Waals surface area contributed by atoms with Crippen molar-refractivity contribution in [3.05, 3.63) is 37.4 Å². The molecule has 0 saturated carbocycles. The maximum atomic E-state index is 10.8. The smallest absolute Gasteiger partial charge is 0.270 e. The highest BCUT2D eigenvalue weighted by Gasteiger charge is 2.22. The fourth-order valence-electron chi connectivity index (χ4n) is 1.80. The van der Waals surface area contributed by atoms with Gasteiger partial charge in [0, 0.05) is 34.5 Å². The van der Waals surface area contributed by atoms with Gasteiger partial charge in [0.15, 0.2) is 5.17 Å². The summed E-state index contributed by atoms with van der Waals surface area (Å²) in [5.41, 5.74) is 0.781. The van der Waals surface area contributed by atoms with E-state index in [2.05, 4.69) is 0 Å². The van der Waals surface area contributed by atoms with E-state index in [1.807, 2.05) is 33.6 Å². The van der Waals surface area contributed by atoms with Gasteiger partial charge in [0.1, 0.15) is 0 Å². The largest absolute Gasteiger partial charge is 0.349 e. The van der Waals surface area contributed by atoms with Crippen LogP contribution in [0.1, 0.15) is 10.9 Å². The quantitative estimate of drug-likeness (QED) is 0.356. The first kappa shape index (κ1) is 14.9. The van der Waals surface area contributed by atoms with Crippen molar-refractivity contribution in [2.24, 2.45) is 0 Å². The van der Waals surface area contributed by atoms with Crippen LogP contribution in [-0.2, 0) is 0 Å². The van der Waals surface area contributed by atoms with Gasteiger partial charge < -0.3 is 4.90 Å². The molecule has 0 bridgehead atoms. The Labute approximate surface area is 133 Å². The molecule has 0 spiro atoms. The summed E-state index contributed by atoms with van der Waals surface area (Å²) in [6.07, 6.45) is 0. The molecule has 1 aliphatic rings. The maximum Gasteiger partial charge on any atom is 0.270 e. The van der Waals surface area contributed by atoms with E-state index < -0.39 is 4.92 Å². The number of rotatable bonds is 4. The molecule has 0 radical (unpaired) electrons. The molecule has 1 saturated heterocycles. The first-order chi connectivity index (χ1) is 8.97. The Hall–Kier alpha value is -0.540. The Morgan fingerprint density at radius 3 is 2.89 bits per heavy atom. The topological polar surface area (TPSA) is 70.2 Å². The minimum Gasteiger partial charge on any atom is -0.349 e. The van der Waals surface area contributed by atoms with Crippen molar-refractivity contribution < 1.29 is 4.92 Å². The van der Waals surface area contributed by atoms with Gasteiger partial charge in [-0.2, -0.15) is 0 Å². The number of amidine groups is 1. The summed E-state index contributed by atoms with van der Waals surface area (Å²) < 4.78 is 0.790. The number of halogens is 2. The Bertz CT molecular complexity index is 529. The molecule has 1 atom stereocenters. The summed E-state index contributed by atoms with van der Waals surface area (Å²) in [5, 5.41) is 18.7. The van der Waals surface area contributed by atoms with E-state index in [9.17, 15) is 10.1 Å². The summed E-state index contributed by atoms with van der Waals surface area (Å²) in [4.78, 5) is 12.3. The first-order valence-corrected chi connectivity index (χ1v) is 8.02. The second kappa shape index (κ2) is 6.27. The second-order valence-corrected chi connectivity index (χ2v) is 6.92. The van der Waals surface area contributed by atoms with Gasteiger partial charge in [0.2, 0.25) is 0 Å². The average molecular weight is 412 g/mol. The van der Waals surface area contributed by atoms with Gasteiger partial charge in [-0.3, -0.25) is 15.5 Å². The molecule has 1 aromatic rings. The molecular weight excluding hydrogens is 401 g/mol. The van der Waals surface area contributed by atoms with Crippen LogP contribution in [0.15, 0.2) is 18.2 Å². The van der Waals surface area contributed by atoms with Crippen LogP contribution in [0.4, 0.5) is 5.69 Å². The molecule has 1 N–H and O–H groups in total. The molecule has 102 valence electrons. The molecule has 1 aliphatic heterocycles. The Morgan fingerprint density at radius 2 is 2.32 bits per heavy atom. The lowest BCUT2D eigenvalue weighted by molar-refractivity contribution is -0.385. The van der Waals surface area contributed by atoms with Crippen LogP contribution in [0, 0.1) is 19.1 Å². The van der Waals surface area contributed by atoms with Crippen molar-refractivity contribution in [2.75, 3.05) is 18.8 Å². The molecule has 5 nitrogen and oxygen atoms in total. The van der Waals surface area contributed by atoms with Crippen molar-refractivity contribution in [2.45, 2.75) is 5.38 Å². The number of hydrogen-bond acceptors (Lipinski definition) is 4. The van der Waals surface area contributed by atoms with E-state index in [0.717, 1.165) is 21.4 Å². The summed E-state index contributed by atoms with van der Waals surface area (Å²) >= 11 is 9.86. The fourth-order valence-corrected chi connectivity index (χ4v) is 3.63. The number of nitro benzene ring substituents is 1. The molecule has 8 heteroatoms. The maximum absolute atomic E-state index is 10.8. The van der Waals surface area contributed by atoms with E-state index in [4.69, 9.17) is 17.0 Å². The molecule has 1 fully saturated rings. The lowest BCUT2D eigenvalue weighted by atomic mass is 10.1. The van der Waals surface area contributed by atoms with Gasteiger partial charge in [-0.25, -0.2) is 0 Å². The second-order valence-electron chi connectivity index (χ2n) is 4.07. The van der Waals surface area contributed by atoms with Gasteiger partial charge in [0.25, 0.3) is 5.69 Å². The Balaban J connectivity index is 2.16. The molecule has 1 heterocycles. The number of hydrogen-bond donors (Lipinski definition) is 1. The van der Waals surface area contributed by atoms with Crippen LogP contribution < -0.4 is 0 Å². The summed E-state index contributed by atoms with van der Waals surface area (Å²) in [6, 6.07) is 4.87. The van der Waals surface area contributed by atoms with Gasteiger partial charge in [-0.15, -0.1) is 11.6 Å². The number of thioether (sulfide) groups is 1. The number of non-ortho nitro benzene ring substituents is 1. The number of alkyl halides is 1. The third-order valence-electron chi connectivity index (χ3n) is 2.75. The van der Waals surface area contributed by atoms with Crippen molar-refractivity contribution in [3.63, 3.8) is 0 Å². The zero-order valence-corrected chi connectivity index (χ0v) is 13.5. The molecular formula is C11H11ClIN3O2S. The number of nitrogens with zero attached hydrogens (tertiary/aromatic N) is 2. The van der Waals surface area contributed by atoms with Crippen LogP contribution in [0.3, 0.4) is 0 Å². The zero-order chi connectivity index (χ0) is 14.0. The van der Waals surface area contributed by atoms with Gasteiger partial charge in [-0.1, -0.05) is 11.8 Å². The van der Waals surface area contributed by atoms with Crippen LogP contribution in [-0.4, -0.2) is 33.8 Å². The predicted molar refractivity (Wildman–Crippen MR) is 86.2 cm³/mol. The molecule has 1 aromatic carbocycles. The Kier molecular flexibility index (Phi) is 4.91. The van der Waals surface area contributed by atoms with E-state index in [1.54, 1.807) is 0 Å². The van der Waals surface area contributed by atoms with Gasteiger partial charge in [-0.05, 0) is 34.2 Å². The van der Waals surface area contributed by atoms with E-state index in [0.29, 0.717) is 11.7 Å². The van der Waals surface area contributed by atoms with Crippen molar-refractivity contribution in [3.8, 4) is 0 Å². The zero-order valence-electron chi connectivity index (χ0n) is 9.81. The normalized spacial score (nSPS) is 16.7. The van der Waals surface area contributed by atoms with Gasteiger partial charge >= 0.3 is 0 Å². The van der Waals surface area contributed by atoms with Crippen molar-refractivity contribution in [1.29, 1.82) is 5.41 Å². The number of nitrogens with one attached hydrogen (secondary N) is 1. The molecule has 0 aromatic heterocycles. The average Bonchev–Trinajstić information content (AvgIpc) is 2.74. The highest BCUT2D eigenvalue weighted by molar-refractivity contribution is 14.1. The standard InChI is InChI=1S/C11H11ClIN3O2S/c12-10(6-15-1-2-19-11(15)14)7-3-8(13)5-9(4-7)16(17)18/h3-5,10,14H,1-2,6H2. The third-order valence-corrected chi connectivity index (χ3v) is 4.68. The summed E-state index contributed by atoms with van der Waals surface area (Å²) in [6.45, 7) is 1.31. The van der Waals surface area contributed by atoms with Gasteiger partial charge in [0.05, 0.1) is 10.3 Å². The molecule has 1 unspecified atom stereocenters. The van der Waals surface area contributed by atoms with Crippen LogP contribution in [0.25, 0.3) is 0 Å². The molecule has 2 rings (SSSR count). The SMILES string of the molecule is N=C1SCCN1CC(Cl)c1cc(I)cc([N+](=O)[O-])c1. The minimum absolute atomic E-state index is 0.0541. The number of benzene rings is 1. The fraction of sp³-hybridized carbons (Fsp3) is 0.364. The lowest BCUT2D eigenvalue weighted by Crippen LogP contribution is -2.27. The minimum atomic E-state index is -0.414. The van der Waals surface area contributed by atoms with Crippen molar-refractivity contribution >= 4 is 56.8 Å². The highest BCUT2D eigenvalue weighted by Crippen LogP contribution is 2.29. The lowest BCUT2D eigenvalue weighted by Gasteiger charge is -2.20. The highest BCUT2D eigenvalue weighted by atomic mass is 127. The van der Waals surface area contributed by atoms with Crippen LogP contribution in [0.5, 0.6) is 0 Å². The third kappa shape index (κ3) is 3.73. The van der Waals surface area contributed by atoms with Crippen LogP contribution >= 0.6 is 46.0 Å². The molecule has 0 aliphatic carbocycles. The summed E-state index contributed by atoms with van der Waals surface area (Å²) in [7, 11) is 0. The monoisotopic (exact) mass is 411 g/mol. The predicted octanol–water partition coefficient (Wildman–Crippen LogP) is 3.46. The summed E-state index contributed by atoms with van der Waals surface area (Å²) in [5.74, 6) is 0.898. The van der Waals surface area contributed by atoms with E-state index in [-0.39, 0.29) is 11.1 Å². The van der Waals surface area contributed by atoms with E-state index in [1.165, 1.54) is 23.9 Å². The van der Waals surface area contributed by atoms with E-state index >= 15 is 0 Å². The van der Waals surface area contributed by atoms with Crippen LogP contribution in [0.2, 0.25) is 0 Å². The van der Waals surface area contributed by atoms with Crippen molar-refractivity contribution in [1.82, 2.24) is 4.90 Å². The molecule has 0 amide bonds. The number of nitro groups is 1. The Morgan fingerprint density at radius 1 is 1.58 bits per heavy atom. The molecule has 19 heavy (non-hydrogen) atoms. The first-order valence-electron chi connectivity index (χ1n) is 5.52.